The molecule has 158 valence electrons. The normalized spacial score (nSPS) is 19.4. The molecule has 2 aromatic carbocycles. The van der Waals surface area contributed by atoms with Crippen molar-refractivity contribution in [3.63, 3.8) is 0 Å². The number of hydrogen-bond donors (Lipinski definition) is 1. The molecule has 0 heterocycles. The number of terminal acetylenes is 1. The zero-order valence-electron chi connectivity index (χ0n) is 17.6. The first-order valence-electron chi connectivity index (χ1n) is 10.3. The van der Waals surface area contributed by atoms with Crippen LogP contribution in [0.5, 0.6) is 11.5 Å². The summed E-state index contributed by atoms with van der Waals surface area (Å²) in [7, 11) is 3.26. The molecule has 1 amide bonds. The van der Waals surface area contributed by atoms with Crippen molar-refractivity contribution in [1.82, 2.24) is 5.32 Å². The van der Waals surface area contributed by atoms with Gasteiger partial charge in [-0.15, -0.1) is 6.42 Å². The van der Waals surface area contributed by atoms with Gasteiger partial charge in [-0.05, 0) is 36.1 Å². The predicted molar refractivity (Wildman–Crippen MR) is 117 cm³/mol. The Morgan fingerprint density at radius 2 is 1.83 bits per heavy atom. The first-order valence-corrected chi connectivity index (χ1v) is 10.3. The van der Waals surface area contributed by atoms with E-state index in [2.05, 4.69) is 17.3 Å². The predicted octanol–water partition coefficient (Wildman–Crippen LogP) is 4.24. The highest BCUT2D eigenvalue weighted by Crippen LogP contribution is 2.37. The Kier molecular flexibility index (Phi) is 7.75. The lowest BCUT2D eigenvalue weighted by Crippen LogP contribution is -2.43. The van der Waals surface area contributed by atoms with Gasteiger partial charge in [0.1, 0.15) is 6.61 Å². The summed E-state index contributed by atoms with van der Waals surface area (Å²) in [6.07, 6.45) is 8.76. The lowest BCUT2D eigenvalue weighted by atomic mass is 9.79. The van der Waals surface area contributed by atoms with Crippen LogP contribution in [0.25, 0.3) is 0 Å². The van der Waals surface area contributed by atoms with E-state index in [9.17, 15) is 4.79 Å². The van der Waals surface area contributed by atoms with E-state index in [1.54, 1.807) is 14.2 Å². The summed E-state index contributed by atoms with van der Waals surface area (Å²) < 4.78 is 16.5. The minimum absolute atomic E-state index is 0.0185. The maximum atomic E-state index is 13.2. The Balaban J connectivity index is 1.80. The van der Waals surface area contributed by atoms with Crippen LogP contribution in [0.15, 0.2) is 48.5 Å². The Hall–Kier alpha value is -2.97. The summed E-state index contributed by atoms with van der Waals surface area (Å²) in [5.74, 6) is 3.90. The van der Waals surface area contributed by atoms with E-state index in [1.807, 2.05) is 42.5 Å². The molecule has 0 radical (unpaired) electrons. The topological polar surface area (TPSA) is 56.8 Å². The van der Waals surface area contributed by atoms with Crippen LogP contribution >= 0.6 is 0 Å². The van der Waals surface area contributed by atoms with E-state index < -0.39 is 6.10 Å². The van der Waals surface area contributed by atoms with E-state index in [0.29, 0.717) is 11.5 Å². The van der Waals surface area contributed by atoms with Gasteiger partial charge in [0.25, 0.3) is 5.91 Å². The van der Waals surface area contributed by atoms with Gasteiger partial charge in [0.05, 0.1) is 14.2 Å². The molecular weight excluding hydrogens is 378 g/mol. The smallest absolute Gasteiger partial charge is 0.254 e. The van der Waals surface area contributed by atoms with Crippen molar-refractivity contribution in [2.75, 3.05) is 20.8 Å². The van der Waals surface area contributed by atoms with E-state index in [4.69, 9.17) is 20.6 Å². The Morgan fingerprint density at radius 3 is 2.53 bits per heavy atom. The molecule has 3 unspecified atom stereocenters. The third kappa shape index (κ3) is 5.14. The van der Waals surface area contributed by atoms with Crippen molar-refractivity contribution in [2.45, 2.75) is 43.7 Å². The molecule has 0 saturated heterocycles. The zero-order chi connectivity index (χ0) is 21.3. The molecule has 3 rings (SSSR count). The van der Waals surface area contributed by atoms with Gasteiger partial charge >= 0.3 is 0 Å². The van der Waals surface area contributed by atoms with Gasteiger partial charge in [0.15, 0.2) is 17.6 Å². The minimum atomic E-state index is -0.727. The number of nitrogens with one attached hydrogen (secondary N) is 1. The van der Waals surface area contributed by atoms with Crippen molar-refractivity contribution >= 4 is 5.91 Å². The standard InChI is InChI=1S/C25H29NO4/c1-4-16-30-24(18-10-6-5-7-11-18)25(27)26-21-13-9-8-12-20(21)19-14-15-22(28-2)23(17-19)29-3/h1,5-7,10-11,14-15,17,20-21,24H,8-9,12-13,16H2,2-3H3,(H,26,27). The molecule has 1 N–H and O–H groups in total. The highest BCUT2D eigenvalue weighted by Gasteiger charge is 2.31. The maximum Gasteiger partial charge on any atom is 0.254 e. The quantitative estimate of drug-likeness (QED) is 0.665. The number of ether oxygens (including phenoxy) is 3. The van der Waals surface area contributed by atoms with Crippen LogP contribution in [-0.4, -0.2) is 32.8 Å². The van der Waals surface area contributed by atoms with Crippen LogP contribution in [0.3, 0.4) is 0 Å². The second-order valence-corrected chi connectivity index (χ2v) is 7.43. The number of rotatable bonds is 8. The fourth-order valence-electron chi connectivity index (χ4n) is 4.13. The van der Waals surface area contributed by atoms with Crippen LogP contribution < -0.4 is 14.8 Å². The summed E-state index contributed by atoms with van der Waals surface area (Å²) in [4.78, 5) is 13.2. The van der Waals surface area contributed by atoms with Crippen molar-refractivity contribution in [3.8, 4) is 23.8 Å². The van der Waals surface area contributed by atoms with Gasteiger partial charge < -0.3 is 19.5 Å². The third-order valence-electron chi connectivity index (χ3n) is 5.60. The van der Waals surface area contributed by atoms with Gasteiger partial charge in [0, 0.05) is 12.0 Å². The molecule has 2 aromatic rings. The van der Waals surface area contributed by atoms with Crippen molar-refractivity contribution in [1.29, 1.82) is 0 Å². The fraction of sp³-hybridized carbons (Fsp3) is 0.400. The molecule has 0 aliphatic heterocycles. The number of methoxy groups -OCH3 is 2. The molecule has 0 bridgehead atoms. The van der Waals surface area contributed by atoms with Crippen LogP contribution in [0.1, 0.15) is 48.8 Å². The summed E-state index contributed by atoms with van der Waals surface area (Å²) in [6, 6.07) is 15.5. The molecule has 3 atom stereocenters. The van der Waals surface area contributed by atoms with E-state index in [1.165, 1.54) is 0 Å². The molecule has 1 saturated carbocycles. The maximum absolute atomic E-state index is 13.2. The molecule has 0 aromatic heterocycles. The molecular formula is C25H29NO4. The average Bonchev–Trinajstić information content (AvgIpc) is 2.80. The van der Waals surface area contributed by atoms with E-state index >= 15 is 0 Å². The first kappa shape index (κ1) is 21.7. The van der Waals surface area contributed by atoms with Crippen LogP contribution in [0.2, 0.25) is 0 Å². The third-order valence-corrected chi connectivity index (χ3v) is 5.60. The summed E-state index contributed by atoms with van der Waals surface area (Å²) in [5.41, 5.74) is 1.93. The first-order chi connectivity index (χ1) is 14.7. The monoisotopic (exact) mass is 407 g/mol. The summed E-state index contributed by atoms with van der Waals surface area (Å²) >= 11 is 0. The highest BCUT2D eigenvalue weighted by molar-refractivity contribution is 5.82. The van der Waals surface area contributed by atoms with Crippen LogP contribution in [0, 0.1) is 12.3 Å². The van der Waals surface area contributed by atoms with Crippen LogP contribution in [-0.2, 0) is 9.53 Å². The van der Waals surface area contributed by atoms with E-state index in [0.717, 1.165) is 36.8 Å². The van der Waals surface area contributed by atoms with E-state index in [-0.39, 0.29) is 24.5 Å². The van der Waals surface area contributed by atoms with Gasteiger partial charge in [-0.1, -0.05) is 55.2 Å². The lowest BCUT2D eigenvalue weighted by Gasteiger charge is -2.34. The molecule has 1 aliphatic carbocycles. The Bertz CT molecular complexity index is 874. The largest absolute Gasteiger partial charge is 0.493 e. The SMILES string of the molecule is C#CCOC(C(=O)NC1CCCCC1c1ccc(OC)c(OC)c1)c1ccccc1. The van der Waals surface area contributed by atoms with Crippen molar-refractivity contribution < 1.29 is 19.0 Å². The van der Waals surface area contributed by atoms with Gasteiger partial charge in [-0.2, -0.15) is 0 Å². The highest BCUT2D eigenvalue weighted by atomic mass is 16.5. The summed E-state index contributed by atoms with van der Waals surface area (Å²) in [6.45, 7) is 0.0801. The van der Waals surface area contributed by atoms with Crippen LogP contribution in [0.4, 0.5) is 0 Å². The minimum Gasteiger partial charge on any atom is -0.493 e. The second kappa shape index (κ2) is 10.7. The fourth-order valence-corrected chi connectivity index (χ4v) is 4.13. The molecule has 0 spiro atoms. The number of amides is 1. The molecule has 30 heavy (non-hydrogen) atoms. The van der Waals surface area contributed by atoms with Gasteiger partial charge in [0.2, 0.25) is 0 Å². The number of hydrogen-bond acceptors (Lipinski definition) is 4. The number of carbonyl (C=O) groups is 1. The Labute approximate surface area is 178 Å². The van der Waals surface area contributed by atoms with Crippen molar-refractivity contribution in [2.24, 2.45) is 0 Å². The van der Waals surface area contributed by atoms with Gasteiger partial charge in [-0.25, -0.2) is 0 Å². The molecule has 1 aliphatic rings. The van der Waals surface area contributed by atoms with Crippen molar-refractivity contribution in [3.05, 3.63) is 59.7 Å². The zero-order valence-corrected chi connectivity index (χ0v) is 17.6. The number of benzene rings is 2. The second-order valence-electron chi connectivity index (χ2n) is 7.43. The number of carbonyl (C=O) groups excluding carboxylic acids is 1. The summed E-state index contributed by atoms with van der Waals surface area (Å²) in [5, 5.41) is 3.24. The average molecular weight is 408 g/mol. The molecule has 5 heteroatoms. The molecule has 5 nitrogen and oxygen atoms in total. The Morgan fingerprint density at radius 1 is 1.10 bits per heavy atom. The molecule has 1 fully saturated rings. The lowest BCUT2D eigenvalue weighted by molar-refractivity contribution is -0.133. The van der Waals surface area contributed by atoms with Gasteiger partial charge in [-0.3, -0.25) is 4.79 Å².